The number of rotatable bonds is 2. The van der Waals surface area contributed by atoms with Crippen molar-refractivity contribution >= 4 is 11.4 Å². The Kier molecular flexibility index (Phi) is 3.69. The van der Waals surface area contributed by atoms with Crippen molar-refractivity contribution in [2.24, 2.45) is 4.99 Å². The van der Waals surface area contributed by atoms with Crippen LogP contribution in [0.2, 0.25) is 0 Å². The monoisotopic (exact) mass is 263 g/mol. The summed E-state index contributed by atoms with van der Waals surface area (Å²) in [7, 11) is 0. The van der Waals surface area contributed by atoms with Crippen molar-refractivity contribution in [3.63, 3.8) is 0 Å². The second-order valence-corrected chi connectivity index (χ2v) is 4.11. The summed E-state index contributed by atoms with van der Waals surface area (Å²) < 4.78 is 39.4. The van der Waals surface area contributed by atoms with Gasteiger partial charge in [-0.25, -0.2) is 4.99 Å². The van der Waals surface area contributed by atoms with E-state index in [1.54, 1.807) is 55.5 Å². The van der Waals surface area contributed by atoms with Crippen molar-refractivity contribution in [1.29, 1.82) is 0 Å². The predicted molar refractivity (Wildman–Crippen MR) is 69.9 cm³/mol. The number of aryl methyl sites for hydroxylation is 1. The molecular formula is C15H12F3N. The van der Waals surface area contributed by atoms with Crippen LogP contribution in [0.25, 0.3) is 0 Å². The molecule has 19 heavy (non-hydrogen) atoms. The molecule has 2 aromatic carbocycles. The molecule has 4 heteroatoms. The van der Waals surface area contributed by atoms with E-state index in [1.807, 2.05) is 0 Å². The Labute approximate surface area is 109 Å². The second kappa shape index (κ2) is 5.26. The van der Waals surface area contributed by atoms with E-state index >= 15 is 0 Å². The smallest absolute Gasteiger partial charge is 0.243 e. The van der Waals surface area contributed by atoms with E-state index in [0.29, 0.717) is 5.56 Å². The van der Waals surface area contributed by atoms with Gasteiger partial charge in [-0.3, -0.25) is 0 Å². The molecule has 0 radical (unpaired) electrons. The lowest BCUT2D eigenvalue weighted by molar-refractivity contribution is -0.0580. The van der Waals surface area contributed by atoms with Gasteiger partial charge in [-0.15, -0.1) is 0 Å². The van der Waals surface area contributed by atoms with E-state index in [2.05, 4.69) is 4.99 Å². The Bertz CT molecular complexity index is 586. The summed E-state index contributed by atoms with van der Waals surface area (Å²) in [5.74, 6) is 0. The molecule has 2 rings (SSSR count). The molecule has 0 aliphatic heterocycles. The van der Waals surface area contributed by atoms with Gasteiger partial charge >= 0.3 is 6.18 Å². The molecule has 0 spiro atoms. The van der Waals surface area contributed by atoms with Gasteiger partial charge in [0.15, 0.2) is 5.71 Å². The zero-order valence-electron chi connectivity index (χ0n) is 10.3. The van der Waals surface area contributed by atoms with E-state index in [-0.39, 0.29) is 11.3 Å². The normalized spacial score (nSPS) is 12.5. The molecule has 0 saturated heterocycles. The Balaban J connectivity index is 2.56. The van der Waals surface area contributed by atoms with Crippen LogP contribution < -0.4 is 0 Å². The lowest BCUT2D eigenvalue weighted by atomic mass is 10.0. The first-order valence-electron chi connectivity index (χ1n) is 5.75. The zero-order valence-corrected chi connectivity index (χ0v) is 10.3. The summed E-state index contributed by atoms with van der Waals surface area (Å²) in [5.41, 5.74) is 0.0863. The molecule has 0 aromatic heterocycles. The van der Waals surface area contributed by atoms with Gasteiger partial charge in [0.25, 0.3) is 0 Å². The molecule has 0 aliphatic carbocycles. The van der Waals surface area contributed by atoms with Crippen molar-refractivity contribution < 1.29 is 13.2 Å². The number of hydrogen-bond donors (Lipinski definition) is 0. The zero-order chi connectivity index (χ0) is 13.9. The molecule has 98 valence electrons. The van der Waals surface area contributed by atoms with Gasteiger partial charge in [0.05, 0.1) is 5.69 Å². The number of aliphatic imine (C=N–C) groups is 1. The fraction of sp³-hybridized carbons (Fsp3) is 0.133. The highest BCUT2D eigenvalue weighted by Gasteiger charge is 2.37. The molecule has 0 heterocycles. The van der Waals surface area contributed by atoms with Crippen LogP contribution in [0.5, 0.6) is 0 Å². The Morgan fingerprint density at radius 2 is 1.47 bits per heavy atom. The van der Waals surface area contributed by atoms with E-state index in [0.717, 1.165) is 0 Å². The van der Waals surface area contributed by atoms with E-state index in [9.17, 15) is 13.2 Å². The summed E-state index contributed by atoms with van der Waals surface area (Å²) >= 11 is 0. The Morgan fingerprint density at radius 3 is 2.05 bits per heavy atom. The first-order chi connectivity index (χ1) is 8.98. The average molecular weight is 263 g/mol. The van der Waals surface area contributed by atoms with E-state index in [1.165, 1.54) is 6.07 Å². The third-order valence-electron chi connectivity index (χ3n) is 2.67. The number of alkyl halides is 3. The van der Waals surface area contributed by atoms with Gasteiger partial charge in [0.2, 0.25) is 0 Å². The maximum Gasteiger partial charge on any atom is 0.433 e. The highest BCUT2D eigenvalue weighted by atomic mass is 19.4. The molecule has 0 bridgehead atoms. The van der Waals surface area contributed by atoms with Gasteiger partial charge in [0.1, 0.15) is 0 Å². The third kappa shape index (κ3) is 3.22. The molecule has 0 fully saturated rings. The second-order valence-electron chi connectivity index (χ2n) is 4.11. The number of benzene rings is 2. The molecule has 0 atom stereocenters. The van der Waals surface area contributed by atoms with Crippen LogP contribution in [0, 0.1) is 6.92 Å². The molecule has 0 saturated carbocycles. The number of halogens is 3. The van der Waals surface area contributed by atoms with E-state index in [4.69, 9.17) is 0 Å². The molecule has 0 unspecified atom stereocenters. The van der Waals surface area contributed by atoms with Crippen LogP contribution in [0.15, 0.2) is 59.6 Å². The van der Waals surface area contributed by atoms with Gasteiger partial charge in [-0.1, -0.05) is 42.5 Å². The largest absolute Gasteiger partial charge is 0.433 e. The lowest BCUT2D eigenvalue weighted by Crippen LogP contribution is -2.24. The number of para-hydroxylation sites is 1. The van der Waals surface area contributed by atoms with Crippen molar-refractivity contribution in [3.05, 3.63) is 65.7 Å². The van der Waals surface area contributed by atoms with Crippen molar-refractivity contribution in [2.45, 2.75) is 13.1 Å². The fourth-order valence-corrected chi connectivity index (χ4v) is 1.75. The van der Waals surface area contributed by atoms with Crippen LogP contribution in [0.1, 0.15) is 11.1 Å². The Hall–Kier alpha value is -2.10. The van der Waals surface area contributed by atoms with Crippen molar-refractivity contribution in [2.75, 3.05) is 0 Å². The molecule has 0 amide bonds. The highest BCUT2D eigenvalue weighted by molar-refractivity contribution is 6.06. The lowest BCUT2D eigenvalue weighted by Gasteiger charge is -2.13. The van der Waals surface area contributed by atoms with Gasteiger partial charge in [-0.05, 0) is 24.6 Å². The third-order valence-corrected chi connectivity index (χ3v) is 2.67. The van der Waals surface area contributed by atoms with Crippen molar-refractivity contribution in [1.82, 2.24) is 0 Å². The Morgan fingerprint density at radius 1 is 0.895 bits per heavy atom. The van der Waals surface area contributed by atoms with Gasteiger partial charge < -0.3 is 0 Å². The van der Waals surface area contributed by atoms with E-state index < -0.39 is 11.9 Å². The standard InChI is InChI=1S/C15H12F3N/c1-11-7-5-6-10-13(11)14(15(16,17)18)19-12-8-3-2-4-9-12/h2-10H,1H3. The van der Waals surface area contributed by atoms with Crippen LogP contribution in [-0.2, 0) is 0 Å². The SMILES string of the molecule is Cc1ccccc1C(=Nc1ccccc1)C(F)(F)F. The fourth-order valence-electron chi connectivity index (χ4n) is 1.75. The first-order valence-corrected chi connectivity index (χ1v) is 5.75. The van der Waals surface area contributed by atoms with Gasteiger partial charge in [0, 0.05) is 5.56 Å². The molecular weight excluding hydrogens is 251 g/mol. The highest BCUT2D eigenvalue weighted by Crippen LogP contribution is 2.27. The summed E-state index contributed by atoms with van der Waals surface area (Å²) in [6.07, 6.45) is -4.48. The maximum absolute atomic E-state index is 13.1. The van der Waals surface area contributed by atoms with Crippen LogP contribution >= 0.6 is 0 Å². The minimum Gasteiger partial charge on any atom is -0.243 e. The summed E-state index contributed by atoms with van der Waals surface area (Å²) in [5, 5.41) is 0. The summed E-state index contributed by atoms with van der Waals surface area (Å²) in [6, 6.07) is 14.5. The van der Waals surface area contributed by atoms with Crippen LogP contribution in [-0.4, -0.2) is 11.9 Å². The van der Waals surface area contributed by atoms with Crippen molar-refractivity contribution in [3.8, 4) is 0 Å². The molecule has 0 N–H and O–H groups in total. The number of nitrogens with zero attached hydrogens (tertiary/aromatic N) is 1. The predicted octanol–water partition coefficient (Wildman–Crippen LogP) is 4.68. The van der Waals surface area contributed by atoms with Crippen LogP contribution in [0.4, 0.5) is 18.9 Å². The minimum atomic E-state index is -4.48. The quantitative estimate of drug-likeness (QED) is 0.698. The first kappa shape index (κ1) is 13.3. The topological polar surface area (TPSA) is 12.4 Å². The molecule has 0 aliphatic rings. The minimum absolute atomic E-state index is 0.110. The maximum atomic E-state index is 13.1. The number of hydrogen-bond acceptors (Lipinski definition) is 1. The van der Waals surface area contributed by atoms with Crippen LogP contribution in [0.3, 0.4) is 0 Å². The summed E-state index contributed by atoms with van der Waals surface area (Å²) in [6.45, 7) is 1.64. The molecule has 1 nitrogen and oxygen atoms in total. The summed E-state index contributed by atoms with van der Waals surface area (Å²) in [4.78, 5) is 3.75. The average Bonchev–Trinajstić information content (AvgIpc) is 2.37. The molecule has 2 aromatic rings. The van der Waals surface area contributed by atoms with Gasteiger partial charge in [-0.2, -0.15) is 13.2 Å².